The normalized spacial score (nSPS) is 15.1. The van der Waals surface area contributed by atoms with Gasteiger partial charge < -0.3 is 25.4 Å². The van der Waals surface area contributed by atoms with E-state index >= 15 is 0 Å². The standard InChI is InChI=1S/C21H35N5O3.HI/c1-21(2,3)25-19(27)16-24-20(22-4)23-15-17-6-5-7-18(14-17)29-13-10-26-8-11-28-12-9-26;/h5-7,14H,8-13,15-16H2,1-4H3,(H,25,27)(H2,22,23,24);1H. The van der Waals surface area contributed by atoms with Crippen LogP contribution in [0.25, 0.3) is 0 Å². The van der Waals surface area contributed by atoms with E-state index in [1.54, 1.807) is 7.05 Å². The van der Waals surface area contributed by atoms with Gasteiger partial charge in [0.15, 0.2) is 5.96 Å². The zero-order valence-corrected chi connectivity index (χ0v) is 20.8. The van der Waals surface area contributed by atoms with Gasteiger partial charge in [-0.05, 0) is 38.5 Å². The van der Waals surface area contributed by atoms with Crippen LogP contribution >= 0.6 is 24.0 Å². The highest BCUT2D eigenvalue weighted by atomic mass is 127. The number of nitrogens with one attached hydrogen (secondary N) is 3. The maximum absolute atomic E-state index is 11.9. The number of carbonyl (C=O) groups is 1. The number of halogens is 1. The van der Waals surface area contributed by atoms with Gasteiger partial charge in [0.1, 0.15) is 12.4 Å². The monoisotopic (exact) mass is 533 g/mol. The van der Waals surface area contributed by atoms with E-state index in [1.165, 1.54) is 0 Å². The molecule has 0 aliphatic carbocycles. The molecule has 170 valence electrons. The number of guanidine groups is 1. The van der Waals surface area contributed by atoms with Crippen LogP contribution in [0.5, 0.6) is 5.75 Å². The van der Waals surface area contributed by atoms with Crippen LogP contribution in [0.3, 0.4) is 0 Å². The number of benzene rings is 1. The zero-order valence-electron chi connectivity index (χ0n) is 18.5. The van der Waals surface area contributed by atoms with Gasteiger partial charge in [-0.25, -0.2) is 0 Å². The lowest BCUT2D eigenvalue weighted by atomic mass is 10.1. The predicted octanol–water partition coefficient (Wildman–Crippen LogP) is 1.60. The van der Waals surface area contributed by atoms with Crippen LogP contribution in [-0.2, 0) is 16.1 Å². The maximum Gasteiger partial charge on any atom is 0.239 e. The zero-order chi connectivity index (χ0) is 21.1. The Bertz CT molecular complexity index is 673. The number of amides is 1. The molecule has 9 heteroatoms. The van der Waals surface area contributed by atoms with Crippen molar-refractivity contribution in [1.29, 1.82) is 0 Å². The molecular weight excluding hydrogens is 497 g/mol. The molecule has 0 spiro atoms. The van der Waals surface area contributed by atoms with Crippen molar-refractivity contribution >= 4 is 35.8 Å². The number of nitrogens with zero attached hydrogens (tertiary/aromatic N) is 2. The van der Waals surface area contributed by atoms with E-state index in [0.717, 1.165) is 44.2 Å². The Labute approximate surface area is 197 Å². The largest absolute Gasteiger partial charge is 0.492 e. The molecule has 2 rings (SSSR count). The summed E-state index contributed by atoms with van der Waals surface area (Å²) in [5.41, 5.74) is 0.828. The van der Waals surface area contributed by atoms with Gasteiger partial charge in [0.25, 0.3) is 0 Å². The summed E-state index contributed by atoms with van der Waals surface area (Å²) in [4.78, 5) is 18.4. The molecule has 8 nitrogen and oxygen atoms in total. The fourth-order valence-electron chi connectivity index (χ4n) is 2.90. The number of hydrogen-bond donors (Lipinski definition) is 3. The van der Waals surface area contributed by atoms with E-state index in [4.69, 9.17) is 9.47 Å². The van der Waals surface area contributed by atoms with Gasteiger partial charge in [0.05, 0.1) is 19.8 Å². The average Bonchev–Trinajstić information content (AvgIpc) is 2.68. The molecule has 1 aliphatic rings. The number of carbonyl (C=O) groups excluding carboxylic acids is 1. The summed E-state index contributed by atoms with van der Waals surface area (Å²) in [5.74, 6) is 1.36. The van der Waals surface area contributed by atoms with Gasteiger partial charge in [0, 0.05) is 38.8 Å². The summed E-state index contributed by atoms with van der Waals surface area (Å²) in [7, 11) is 1.68. The highest BCUT2D eigenvalue weighted by molar-refractivity contribution is 14.0. The maximum atomic E-state index is 11.9. The van der Waals surface area contributed by atoms with Crippen LogP contribution in [0.1, 0.15) is 26.3 Å². The first-order valence-corrected chi connectivity index (χ1v) is 10.1. The van der Waals surface area contributed by atoms with Crippen molar-refractivity contribution in [1.82, 2.24) is 20.9 Å². The molecule has 0 bridgehead atoms. The number of rotatable bonds is 8. The van der Waals surface area contributed by atoms with Crippen LogP contribution in [0.4, 0.5) is 0 Å². The Morgan fingerprint density at radius 3 is 2.63 bits per heavy atom. The third-order valence-electron chi connectivity index (χ3n) is 4.29. The Morgan fingerprint density at radius 2 is 1.97 bits per heavy atom. The first kappa shape index (κ1) is 26.4. The molecule has 0 unspecified atom stereocenters. The average molecular weight is 533 g/mol. The molecule has 3 N–H and O–H groups in total. The fourth-order valence-corrected chi connectivity index (χ4v) is 2.90. The minimum atomic E-state index is -0.252. The van der Waals surface area contributed by atoms with Crippen LogP contribution < -0.4 is 20.7 Å². The van der Waals surface area contributed by atoms with Crippen molar-refractivity contribution < 1.29 is 14.3 Å². The number of hydrogen-bond acceptors (Lipinski definition) is 5. The second-order valence-electron chi connectivity index (χ2n) is 8.03. The van der Waals surface area contributed by atoms with Crippen LogP contribution in [0.15, 0.2) is 29.3 Å². The second kappa shape index (κ2) is 13.7. The van der Waals surface area contributed by atoms with Crippen molar-refractivity contribution in [2.45, 2.75) is 32.9 Å². The molecular formula is C21H36IN5O3. The summed E-state index contributed by atoms with van der Waals surface area (Å²) in [5, 5.41) is 9.16. The molecule has 30 heavy (non-hydrogen) atoms. The lowest BCUT2D eigenvalue weighted by molar-refractivity contribution is -0.121. The van der Waals surface area contributed by atoms with Crippen molar-refractivity contribution in [2.24, 2.45) is 4.99 Å². The topological polar surface area (TPSA) is 87.2 Å². The van der Waals surface area contributed by atoms with E-state index in [1.807, 2.05) is 45.0 Å². The van der Waals surface area contributed by atoms with E-state index < -0.39 is 0 Å². The van der Waals surface area contributed by atoms with Gasteiger partial charge in [-0.3, -0.25) is 14.7 Å². The van der Waals surface area contributed by atoms with Gasteiger partial charge in [-0.1, -0.05) is 12.1 Å². The quantitative estimate of drug-likeness (QED) is 0.268. The third-order valence-corrected chi connectivity index (χ3v) is 4.29. The number of aliphatic imine (C=N–C) groups is 1. The summed E-state index contributed by atoms with van der Waals surface area (Å²) < 4.78 is 11.3. The van der Waals surface area contributed by atoms with E-state index in [9.17, 15) is 4.79 Å². The minimum Gasteiger partial charge on any atom is -0.492 e. The van der Waals surface area contributed by atoms with Crippen LogP contribution in [-0.4, -0.2) is 75.4 Å². The predicted molar refractivity (Wildman–Crippen MR) is 131 cm³/mol. The van der Waals surface area contributed by atoms with E-state index in [0.29, 0.717) is 19.1 Å². The molecule has 0 saturated carbocycles. The third kappa shape index (κ3) is 11.0. The van der Waals surface area contributed by atoms with Gasteiger partial charge in [-0.15, -0.1) is 24.0 Å². The lowest BCUT2D eigenvalue weighted by Crippen LogP contribution is -2.48. The van der Waals surface area contributed by atoms with Crippen molar-refractivity contribution in [2.75, 3.05) is 53.0 Å². The second-order valence-corrected chi connectivity index (χ2v) is 8.03. The molecule has 0 radical (unpaired) electrons. The highest BCUT2D eigenvalue weighted by Gasteiger charge is 2.13. The van der Waals surface area contributed by atoms with Crippen LogP contribution in [0.2, 0.25) is 0 Å². The SMILES string of the molecule is CN=C(NCC(=O)NC(C)(C)C)NCc1cccc(OCCN2CCOCC2)c1.I. The highest BCUT2D eigenvalue weighted by Crippen LogP contribution is 2.13. The van der Waals surface area contributed by atoms with Crippen molar-refractivity contribution in [3.8, 4) is 5.75 Å². The summed E-state index contributed by atoms with van der Waals surface area (Å²) in [6.45, 7) is 11.7. The Morgan fingerprint density at radius 1 is 1.23 bits per heavy atom. The number of ether oxygens (including phenoxy) is 2. The van der Waals surface area contributed by atoms with Gasteiger partial charge in [0.2, 0.25) is 5.91 Å². The van der Waals surface area contributed by atoms with E-state index in [-0.39, 0.29) is 42.0 Å². The Balaban J connectivity index is 0.00000450. The smallest absolute Gasteiger partial charge is 0.239 e. The molecule has 1 aliphatic heterocycles. The van der Waals surface area contributed by atoms with Gasteiger partial charge in [-0.2, -0.15) is 0 Å². The van der Waals surface area contributed by atoms with Crippen molar-refractivity contribution in [3.63, 3.8) is 0 Å². The Kier molecular flexibility index (Phi) is 12.0. The van der Waals surface area contributed by atoms with E-state index in [2.05, 4.69) is 25.8 Å². The van der Waals surface area contributed by atoms with Crippen molar-refractivity contribution in [3.05, 3.63) is 29.8 Å². The molecule has 1 aromatic carbocycles. The lowest BCUT2D eigenvalue weighted by Gasteiger charge is -2.26. The number of morpholine rings is 1. The molecule has 1 fully saturated rings. The summed E-state index contributed by atoms with van der Waals surface area (Å²) in [6, 6.07) is 7.99. The molecule has 1 aromatic rings. The molecule has 1 amide bonds. The molecule has 0 atom stereocenters. The molecule has 0 aromatic heterocycles. The van der Waals surface area contributed by atoms with Crippen LogP contribution in [0, 0.1) is 0 Å². The first-order valence-electron chi connectivity index (χ1n) is 10.1. The summed E-state index contributed by atoms with van der Waals surface area (Å²) in [6.07, 6.45) is 0. The molecule has 1 saturated heterocycles. The first-order chi connectivity index (χ1) is 13.9. The Hall–Kier alpha value is -1.59. The fraction of sp³-hybridized carbons (Fsp3) is 0.619. The molecule has 1 heterocycles. The minimum absolute atomic E-state index is 0. The summed E-state index contributed by atoms with van der Waals surface area (Å²) >= 11 is 0. The van der Waals surface area contributed by atoms with Gasteiger partial charge >= 0.3 is 0 Å².